The monoisotopic (exact) mass is 435 g/mol. The van der Waals surface area contributed by atoms with E-state index in [1.807, 2.05) is 37.3 Å². The van der Waals surface area contributed by atoms with Gasteiger partial charge in [-0.3, -0.25) is 9.69 Å². The number of aromatic nitrogens is 1. The van der Waals surface area contributed by atoms with Crippen molar-refractivity contribution in [3.8, 4) is 0 Å². The van der Waals surface area contributed by atoms with Gasteiger partial charge in [-0.05, 0) is 30.5 Å². The summed E-state index contributed by atoms with van der Waals surface area (Å²) in [6.45, 7) is 3.45. The minimum atomic E-state index is -4.17. The number of guanidine groups is 1. The van der Waals surface area contributed by atoms with E-state index < -0.39 is 12.7 Å². The molecule has 3 rings (SSSR count). The third-order valence-electron chi connectivity index (χ3n) is 5.05. The standard InChI is InChI=1S/C22H28F3N5O/c1-2-26-21(28-19-10-12-29(15-19)16-22(23,24)25)27-13-17-6-8-18(9-7-17)14-30-11-4-3-5-20(30)31/h3-9,11,19H,2,10,12-16H2,1H3,(H2,26,27,28). The predicted octanol–water partition coefficient (Wildman–Crippen LogP) is 2.59. The van der Waals surface area contributed by atoms with Crippen molar-refractivity contribution in [1.29, 1.82) is 0 Å². The molecule has 0 bridgehead atoms. The first-order valence-corrected chi connectivity index (χ1v) is 10.4. The molecule has 1 fully saturated rings. The summed E-state index contributed by atoms with van der Waals surface area (Å²) in [6, 6.07) is 12.9. The highest BCUT2D eigenvalue weighted by Crippen LogP contribution is 2.20. The molecule has 1 atom stereocenters. The molecule has 9 heteroatoms. The third-order valence-corrected chi connectivity index (χ3v) is 5.05. The second kappa shape index (κ2) is 10.5. The summed E-state index contributed by atoms with van der Waals surface area (Å²) < 4.78 is 39.4. The van der Waals surface area contributed by atoms with E-state index in [-0.39, 0.29) is 11.6 Å². The van der Waals surface area contributed by atoms with Crippen LogP contribution in [-0.2, 0) is 13.1 Å². The lowest BCUT2D eigenvalue weighted by molar-refractivity contribution is -0.143. The number of halogens is 3. The normalized spacial score (nSPS) is 17.7. The molecule has 1 aliphatic rings. The van der Waals surface area contributed by atoms with Gasteiger partial charge in [0.25, 0.3) is 5.56 Å². The van der Waals surface area contributed by atoms with Crippen LogP contribution in [-0.4, -0.2) is 53.8 Å². The van der Waals surface area contributed by atoms with Crippen molar-refractivity contribution >= 4 is 5.96 Å². The summed E-state index contributed by atoms with van der Waals surface area (Å²) in [6.07, 6.45) is -1.77. The topological polar surface area (TPSA) is 61.7 Å². The maximum Gasteiger partial charge on any atom is 0.401 e. The van der Waals surface area contributed by atoms with Gasteiger partial charge in [-0.25, -0.2) is 4.99 Å². The molecule has 1 aromatic heterocycles. The van der Waals surface area contributed by atoms with E-state index >= 15 is 0 Å². The molecule has 2 aromatic rings. The highest BCUT2D eigenvalue weighted by molar-refractivity contribution is 5.80. The second-order valence-corrected chi connectivity index (χ2v) is 7.66. The quantitative estimate of drug-likeness (QED) is 0.519. The summed E-state index contributed by atoms with van der Waals surface area (Å²) >= 11 is 0. The Hall–Kier alpha value is -2.81. The van der Waals surface area contributed by atoms with E-state index in [1.165, 1.54) is 11.0 Å². The number of nitrogens with zero attached hydrogens (tertiary/aromatic N) is 3. The molecule has 0 radical (unpaired) electrons. The highest BCUT2D eigenvalue weighted by atomic mass is 19.4. The van der Waals surface area contributed by atoms with Crippen LogP contribution in [0.4, 0.5) is 13.2 Å². The third kappa shape index (κ3) is 7.43. The van der Waals surface area contributed by atoms with E-state index in [4.69, 9.17) is 0 Å². The molecule has 31 heavy (non-hydrogen) atoms. The molecular formula is C22H28F3N5O. The first-order valence-electron chi connectivity index (χ1n) is 10.4. The van der Waals surface area contributed by atoms with Gasteiger partial charge < -0.3 is 15.2 Å². The van der Waals surface area contributed by atoms with Crippen LogP contribution < -0.4 is 16.2 Å². The van der Waals surface area contributed by atoms with Crippen molar-refractivity contribution in [2.24, 2.45) is 4.99 Å². The van der Waals surface area contributed by atoms with E-state index in [0.29, 0.717) is 45.1 Å². The molecule has 2 N–H and O–H groups in total. The zero-order valence-electron chi connectivity index (χ0n) is 17.5. The fraction of sp³-hybridized carbons (Fsp3) is 0.455. The lowest BCUT2D eigenvalue weighted by atomic mass is 10.1. The van der Waals surface area contributed by atoms with Crippen LogP contribution in [0.3, 0.4) is 0 Å². The van der Waals surface area contributed by atoms with Gasteiger partial charge in [0.15, 0.2) is 5.96 Å². The first kappa shape index (κ1) is 22.9. The first-order chi connectivity index (χ1) is 14.8. The number of alkyl halides is 3. The number of rotatable bonds is 7. The Morgan fingerprint density at radius 1 is 1.16 bits per heavy atom. The molecule has 6 nitrogen and oxygen atoms in total. The van der Waals surface area contributed by atoms with Crippen LogP contribution in [0.25, 0.3) is 0 Å². The van der Waals surface area contributed by atoms with E-state index in [9.17, 15) is 18.0 Å². The van der Waals surface area contributed by atoms with Crippen LogP contribution in [0.15, 0.2) is 58.4 Å². The van der Waals surface area contributed by atoms with E-state index in [2.05, 4.69) is 15.6 Å². The van der Waals surface area contributed by atoms with Gasteiger partial charge in [0.2, 0.25) is 0 Å². The molecule has 1 unspecified atom stereocenters. The minimum Gasteiger partial charge on any atom is -0.357 e. The molecule has 0 saturated carbocycles. The maximum atomic E-state index is 12.6. The van der Waals surface area contributed by atoms with Crippen LogP contribution >= 0.6 is 0 Å². The Labute approximate surface area is 179 Å². The molecule has 2 heterocycles. The molecule has 1 aromatic carbocycles. The van der Waals surface area contributed by atoms with Crippen LogP contribution in [0.1, 0.15) is 24.5 Å². The van der Waals surface area contributed by atoms with Crippen molar-refractivity contribution in [2.75, 3.05) is 26.2 Å². The lowest BCUT2D eigenvalue weighted by Crippen LogP contribution is -2.45. The van der Waals surface area contributed by atoms with E-state index in [0.717, 1.165) is 11.1 Å². The smallest absolute Gasteiger partial charge is 0.357 e. The molecule has 0 amide bonds. The average Bonchev–Trinajstić information content (AvgIpc) is 3.14. The highest BCUT2D eigenvalue weighted by Gasteiger charge is 2.34. The van der Waals surface area contributed by atoms with Crippen molar-refractivity contribution in [3.05, 3.63) is 70.1 Å². The Bertz CT molecular complexity index is 924. The van der Waals surface area contributed by atoms with Crippen molar-refractivity contribution in [3.63, 3.8) is 0 Å². The van der Waals surface area contributed by atoms with Crippen LogP contribution in [0.5, 0.6) is 0 Å². The van der Waals surface area contributed by atoms with Gasteiger partial charge in [-0.1, -0.05) is 30.3 Å². The number of likely N-dealkylation sites (tertiary alicyclic amines) is 1. The zero-order valence-corrected chi connectivity index (χ0v) is 17.5. The molecular weight excluding hydrogens is 407 g/mol. The maximum absolute atomic E-state index is 12.6. The number of hydrogen-bond acceptors (Lipinski definition) is 3. The Morgan fingerprint density at radius 3 is 2.58 bits per heavy atom. The number of pyridine rings is 1. The largest absolute Gasteiger partial charge is 0.401 e. The van der Waals surface area contributed by atoms with Gasteiger partial charge in [-0.2, -0.15) is 13.2 Å². The summed E-state index contributed by atoms with van der Waals surface area (Å²) in [4.78, 5) is 17.8. The number of benzene rings is 1. The Kier molecular flexibility index (Phi) is 7.73. The minimum absolute atomic E-state index is 0.0433. The summed E-state index contributed by atoms with van der Waals surface area (Å²) in [5.41, 5.74) is 1.98. The van der Waals surface area contributed by atoms with Gasteiger partial charge in [-0.15, -0.1) is 0 Å². The number of hydrogen-bond donors (Lipinski definition) is 2. The van der Waals surface area contributed by atoms with Crippen molar-refractivity contribution in [2.45, 2.75) is 38.7 Å². The van der Waals surface area contributed by atoms with Crippen LogP contribution in [0.2, 0.25) is 0 Å². The van der Waals surface area contributed by atoms with Gasteiger partial charge in [0.1, 0.15) is 0 Å². The molecule has 1 aliphatic heterocycles. The molecule has 0 aliphatic carbocycles. The molecule has 1 saturated heterocycles. The summed E-state index contributed by atoms with van der Waals surface area (Å²) in [7, 11) is 0. The van der Waals surface area contributed by atoms with Crippen molar-refractivity contribution in [1.82, 2.24) is 20.1 Å². The summed E-state index contributed by atoms with van der Waals surface area (Å²) in [5.74, 6) is 0.598. The Balaban J connectivity index is 1.55. The molecule has 168 valence electrons. The second-order valence-electron chi connectivity index (χ2n) is 7.66. The van der Waals surface area contributed by atoms with E-state index in [1.54, 1.807) is 16.8 Å². The zero-order chi connectivity index (χ0) is 22.3. The van der Waals surface area contributed by atoms with Gasteiger partial charge >= 0.3 is 6.18 Å². The predicted molar refractivity (Wildman–Crippen MR) is 115 cm³/mol. The van der Waals surface area contributed by atoms with Gasteiger partial charge in [0.05, 0.1) is 19.6 Å². The Morgan fingerprint density at radius 2 is 1.90 bits per heavy atom. The van der Waals surface area contributed by atoms with Gasteiger partial charge in [0, 0.05) is 37.9 Å². The van der Waals surface area contributed by atoms with Crippen molar-refractivity contribution < 1.29 is 13.2 Å². The lowest BCUT2D eigenvalue weighted by Gasteiger charge is -2.19. The number of nitrogens with one attached hydrogen (secondary N) is 2. The SMILES string of the molecule is CCNC(=NCc1ccc(Cn2ccccc2=O)cc1)NC1CCN(CC(F)(F)F)C1. The molecule has 0 spiro atoms. The van der Waals surface area contributed by atoms with Crippen LogP contribution in [0, 0.1) is 0 Å². The fourth-order valence-electron chi connectivity index (χ4n) is 3.57. The summed E-state index contributed by atoms with van der Waals surface area (Å²) in [5, 5.41) is 6.40. The number of aliphatic imine (C=N–C) groups is 1. The average molecular weight is 435 g/mol. The fourth-order valence-corrected chi connectivity index (χ4v) is 3.57.